The van der Waals surface area contributed by atoms with E-state index in [1.165, 1.54) is 266 Å². The van der Waals surface area contributed by atoms with E-state index >= 15 is 0 Å². The van der Waals surface area contributed by atoms with Crippen LogP contribution >= 0.6 is 0 Å². The van der Waals surface area contributed by atoms with E-state index in [9.17, 15) is 19.2 Å². The quantitative estimate of drug-likeness (QED) is 0.101. The first kappa shape index (κ1) is 62.5. The Labute approximate surface area is 457 Å². The fraction of sp³-hybridized carbons (Fsp3) is 0.829. The van der Waals surface area contributed by atoms with Crippen molar-refractivity contribution in [2.75, 3.05) is 0 Å². The number of hydrogen-bond donors (Lipinski definition) is 0. The van der Waals surface area contributed by atoms with Gasteiger partial charge in [-0.15, -0.1) is 0 Å². The van der Waals surface area contributed by atoms with Crippen molar-refractivity contribution in [2.24, 2.45) is 47.3 Å². The molecular weight excluding hydrogens is 905 g/mol. The Morgan fingerprint density at radius 2 is 0.486 bits per heavy atom. The fourth-order valence-electron chi connectivity index (χ4n) is 14.9. The second-order valence-corrected chi connectivity index (χ2v) is 25.7. The van der Waals surface area contributed by atoms with Crippen molar-refractivity contribution in [2.45, 2.75) is 323 Å². The van der Waals surface area contributed by atoms with Crippen LogP contribution in [0.2, 0.25) is 0 Å². The van der Waals surface area contributed by atoms with E-state index in [2.05, 4.69) is 27.7 Å². The van der Waals surface area contributed by atoms with Gasteiger partial charge in [-0.05, 0) is 226 Å². The summed E-state index contributed by atoms with van der Waals surface area (Å²) in [5.74, 6) is 8.41. The van der Waals surface area contributed by atoms with Crippen molar-refractivity contribution in [3.8, 4) is 0 Å². The first-order valence-corrected chi connectivity index (χ1v) is 33.1. The molecule has 4 nitrogen and oxygen atoms in total. The minimum absolute atomic E-state index is 0.374. The molecule has 0 radical (unpaired) electrons. The maximum atomic E-state index is 11.5. The van der Waals surface area contributed by atoms with Crippen LogP contribution in [0.1, 0.15) is 323 Å². The zero-order chi connectivity index (χ0) is 52.6. The SMILES string of the molecule is CCCCC1CCC(C2=CC(=O)CCC2)CC1.CCCCCC1CCC(C2=CC(=O)CCC2)CC1.CCCCCCC1CCC(C2=CC(=O)CCC2)CC1.CCCCCCCC1CCC(C2=CC(=O)CCC2)CC1. The van der Waals surface area contributed by atoms with Crippen LogP contribution in [0.3, 0.4) is 0 Å². The molecule has 0 saturated heterocycles. The van der Waals surface area contributed by atoms with Crippen LogP contribution in [0.25, 0.3) is 0 Å². The molecule has 8 aliphatic rings. The summed E-state index contributed by atoms with van der Waals surface area (Å²) in [6.07, 6.45) is 67.6. The molecule has 0 aromatic heterocycles. The van der Waals surface area contributed by atoms with Crippen molar-refractivity contribution in [3.63, 3.8) is 0 Å². The molecule has 0 amide bonds. The third-order valence-electron chi connectivity index (χ3n) is 19.8. The second kappa shape index (κ2) is 37.5. The summed E-state index contributed by atoms with van der Waals surface area (Å²) in [6.45, 7) is 9.13. The molecular formula is C70H116O4. The lowest BCUT2D eigenvalue weighted by Gasteiger charge is -2.31. The number of hydrogen-bond acceptors (Lipinski definition) is 4. The van der Waals surface area contributed by atoms with Crippen molar-refractivity contribution < 1.29 is 19.2 Å². The number of allylic oxidation sites excluding steroid dienone is 8. The zero-order valence-corrected chi connectivity index (χ0v) is 49.1. The average Bonchev–Trinajstić information content (AvgIpc) is 3.43. The molecule has 4 saturated carbocycles. The molecule has 0 spiro atoms. The van der Waals surface area contributed by atoms with Crippen LogP contribution < -0.4 is 0 Å². The van der Waals surface area contributed by atoms with Gasteiger partial charge in [0.1, 0.15) is 0 Å². The van der Waals surface area contributed by atoms with Crippen LogP contribution in [0.15, 0.2) is 46.6 Å². The molecule has 8 rings (SSSR count). The topological polar surface area (TPSA) is 68.3 Å². The summed E-state index contributed by atoms with van der Waals surface area (Å²) in [5, 5.41) is 0. The van der Waals surface area contributed by atoms with E-state index in [0.717, 1.165) is 98.7 Å². The third kappa shape index (κ3) is 24.5. The lowest BCUT2D eigenvalue weighted by Crippen LogP contribution is -2.18. The Balaban J connectivity index is 0.000000183. The molecule has 4 fully saturated rings. The zero-order valence-electron chi connectivity index (χ0n) is 49.1. The van der Waals surface area contributed by atoms with E-state index in [0.29, 0.717) is 23.1 Å². The van der Waals surface area contributed by atoms with Crippen LogP contribution in [0, 0.1) is 47.3 Å². The van der Waals surface area contributed by atoms with Gasteiger partial charge in [-0.25, -0.2) is 0 Å². The molecule has 0 unspecified atom stereocenters. The Kier molecular flexibility index (Phi) is 31.6. The molecule has 0 bridgehead atoms. The van der Waals surface area contributed by atoms with Crippen molar-refractivity contribution in [3.05, 3.63) is 46.6 Å². The molecule has 420 valence electrons. The number of carbonyl (C=O) groups excluding carboxylic acids is 4. The Morgan fingerprint density at radius 3 is 0.743 bits per heavy atom. The Hall–Kier alpha value is -2.36. The first-order chi connectivity index (χ1) is 36.2. The third-order valence-corrected chi connectivity index (χ3v) is 19.8. The smallest absolute Gasteiger partial charge is 0.155 e. The minimum atomic E-state index is 0.374. The molecule has 74 heavy (non-hydrogen) atoms. The summed E-state index contributed by atoms with van der Waals surface area (Å²) in [6, 6.07) is 0. The number of rotatable bonds is 22. The van der Waals surface area contributed by atoms with Gasteiger partial charge in [-0.1, -0.05) is 166 Å². The molecule has 8 aliphatic carbocycles. The van der Waals surface area contributed by atoms with Crippen LogP contribution in [-0.2, 0) is 19.2 Å². The molecule has 0 aliphatic heterocycles. The largest absolute Gasteiger partial charge is 0.295 e. The van der Waals surface area contributed by atoms with E-state index in [1.54, 1.807) is 0 Å². The molecule has 0 N–H and O–H groups in total. The summed E-state index contributed by atoms with van der Waals surface area (Å²) in [5.41, 5.74) is 5.94. The lowest BCUT2D eigenvalue weighted by atomic mass is 9.74. The summed E-state index contributed by atoms with van der Waals surface area (Å²) in [4.78, 5) is 46.0. The van der Waals surface area contributed by atoms with Gasteiger partial charge >= 0.3 is 0 Å². The van der Waals surface area contributed by atoms with Gasteiger partial charge in [-0.2, -0.15) is 0 Å². The summed E-state index contributed by atoms with van der Waals surface area (Å²) < 4.78 is 0. The van der Waals surface area contributed by atoms with Crippen LogP contribution in [0.4, 0.5) is 0 Å². The number of carbonyl (C=O) groups is 4. The fourth-order valence-corrected chi connectivity index (χ4v) is 14.9. The molecule has 4 heteroatoms. The van der Waals surface area contributed by atoms with Crippen LogP contribution in [-0.4, -0.2) is 23.1 Å². The van der Waals surface area contributed by atoms with Gasteiger partial charge in [-0.3, -0.25) is 19.2 Å². The van der Waals surface area contributed by atoms with Gasteiger partial charge in [0.2, 0.25) is 0 Å². The Morgan fingerprint density at radius 1 is 0.270 bits per heavy atom. The van der Waals surface area contributed by atoms with Crippen molar-refractivity contribution in [1.29, 1.82) is 0 Å². The van der Waals surface area contributed by atoms with Gasteiger partial charge in [0.15, 0.2) is 23.1 Å². The van der Waals surface area contributed by atoms with Gasteiger partial charge in [0, 0.05) is 25.7 Å². The average molecular weight is 1020 g/mol. The van der Waals surface area contributed by atoms with E-state index in [1.807, 2.05) is 24.3 Å². The van der Waals surface area contributed by atoms with Crippen molar-refractivity contribution >= 4 is 23.1 Å². The molecule has 0 aromatic rings. The predicted octanol–water partition coefficient (Wildman–Crippen LogP) is 21.0. The van der Waals surface area contributed by atoms with E-state index < -0.39 is 0 Å². The highest BCUT2D eigenvalue weighted by atomic mass is 16.1. The van der Waals surface area contributed by atoms with Gasteiger partial charge < -0.3 is 0 Å². The minimum Gasteiger partial charge on any atom is -0.295 e. The van der Waals surface area contributed by atoms with Gasteiger partial charge in [0.05, 0.1) is 0 Å². The monoisotopic (exact) mass is 1020 g/mol. The highest BCUT2D eigenvalue weighted by molar-refractivity contribution is 5.92. The number of unbranched alkanes of at least 4 members (excludes halogenated alkanes) is 10. The maximum absolute atomic E-state index is 11.5. The predicted molar refractivity (Wildman–Crippen MR) is 315 cm³/mol. The summed E-state index contributed by atoms with van der Waals surface area (Å²) >= 11 is 0. The highest BCUT2D eigenvalue weighted by Gasteiger charge is 2.29. The highest BCUT2D eigenvalue weighted by Crippen LogP contribution is 2.42. The standard InChI is InChI=1S/C19H32O.C18H30O.C17H28O.C16H26O/c1-2-3-4-5-6-8-16-11-13-17(14-12-16)18-9-7-10-19(20)15-18;1-2-3-4-5-7-15-10-12-16(13-11-15)17-8-6-9-18(19)14-17;1-2-3-4-6-14-9-11-15(12-10-14)16-7-5-8-17(18)13-16;1-2-3-5-13-8-10-14(11-9-13)15-6-4-7-16(17)12-15/h15-17H,2-14H2,1H3;14-16H,2-13H2,1H3;13-15H,2-12H2,1H3;12-14H,2-11H2,1H3. The van der Waals surface area contributed by atoms with Gasteiger partial charge in [0.25, 0.3) is 0 Å². The molecule has 0 aromatic carbocycles. The maximum Gasteiger partial charge on any atom is 0.155 e. The number of ketones is 4. The van der Waals surface area contributed by atoms with Crippen molar-refractivity contribution in [1.82, 2.24) is 0 Å². The second-order valence-electron chi connectivity index (χ2n) is 25.7. The summed E-state index contributed by atoms with van der Waals surface area (Å²) in [7, 11) is 0. The van der Waals surface area contributed by atoms with E-state index in [-0.39, 0.29) is 0 Å². The normalized spacial score (nSPS) is 28.7. The molecule has 0 atom stereocenters. The first-order valence-electron chi connectivity index (χ1n) is 33.1. The van der Waals surface area contributed by atoms with Crippen LogP contribution in [0.5, 0.6) is 0 Å². The Bertz CT molecular complexity index is 1710. The van der Waals surface area contributed by atoms with E-state index in [4.69, 9.17) is 0 Å². The lowest BCUT2D eigenvalue weighted by molar-refractivity contribution is -0.115. The molecule has 0 heterocycles.